The second-order valence-corrected chi connectivity index (χ2v) is 8.29. The molecule has 0 unspecified atom stereocenters. The number of ether oxygens (including phenoxy) is 1. The molecule has 1 aliphatic rings. The van der Waals surface area contributed by atoms with Gasteiger partial charge in [-0.05, 0) is 74.4 Å². The molecule has 0 saturated carbocycles. The Bertz CT molecular complexity index is 1260. The van der Waals surface area contributed by atoms with Crippen molar-refractivity contribution in [3.05, 3.63) is 100 Å². The van der Waals surface area contributed by atoms with Gasteiger partial charge in [-0.2, -0.15) is 0 Å². The molecule has 0 fully saturated rings. The highest BCUT2D eigenvalue weighted by Gasteiger charge is 2.28. The summed E-state index contributed by atoms with van der Waals surface area (Å²) < 4.78 is 20.0. The summed E-state index contributed by atoms with van der Waals surface area (Å²) in [5.74, 6) is -2.06. The SMILES string of the molecule is Cc1ccc(C2=CC(C)(C)Oc3ccc(C(=O)Nc4ccc(C(=O)O)c(F)c4)cc32)cc1. The first-order chi connectivity index (χ1) is 15.1. The number of nitrogens with one attached hydrogen (secondary N) is 1. The van der Waals surface area contributed by atoms with Crippen LogP contribution < -0.4 is 10.1 Å². The highest BCUT2D eigenvalue weighted by molar-refractivity contribution is 6.05. The Morgan fingerprint density at radius 2 is 1.72 bits per heavy atom. The summed E-state index contributed by atoms with van der Waals surface area (Å²) in [4.78, 5) is 23.8. The van der Waals surface area contributed by atoms with E-state index in [0.717, 1.165) is 34.4 Å². The number of benzene rings is 3. The lowest BCUT2D eigenvalue weighted by atomic mass is 9.88. The third-order valence-electron chi connectivity index (χ3n) is 5.22. The van der Waals surface area contributed by atoms with Crippen LogP contribution in [0, 0.1) is 12.7 Å². The van der Waals surface area contributed by atoms with Crippen molar-refractivity contribution >= 4 is 23.1 Å². The Hall–Kier alpha value is -3.93. The van der Waals surface area contributed by atoms with Crippen molar-refractivity contribution in [3.8, 4) is 5.75 Å². The number of anilines is 1. The molecule has 0 bridgehead atoms. The topological polar surface area (TPSA) is 75.6 Å². The van der Waals surface area contributed by atoms with Gasteiger partial charge < -0.3 is 15.2 Å². The number of fused-ring (bicyclic) bond motifs is 1. The quantitative estimate of drug-likeness (QED) is 0.557. The minimum absolute atomic E-state index is 0.168. The maximum absolute atomic E-state index is 14.0. The lowest BCUT2D eigenvalue weighted by Gasteiger charge is -2.31. The van der Waals surface area contributed by atoms with Gasteiger partial charge in [0.05, 0.1) is 5.56 Å². The fraction of sp³-hybridized carbons (Fsp3) is 0.154. The van der Waals surface area contributed by atoms with Crippen molar-refractivity contribution in [2.75, 3.05) is 5.32 Å². The largest absolute Gasteiger partial charge is 0.483 e. The van der Waals surface area contributed by atoms with Gasteiger partial charge >= 0.3 is 5.97 Å². The second kappa shape index (κ2) is 7.96. The molecule has 3 aromatic rings. The zero-order valence-electron chi connectivity index (χ0n) is 17.9. The average Bonchev–Trinajstić information content (AvgIpc) is 2.72. The Morgan fingerprint density at radius 1 is 1.00 bits per heavy atom. The highest BCUT2D eigenvalue weighted by atomic mass is 19.1. The number of aromatic carboxylic acids is 1. The van der Waals surface area contributed by atoms with Gasteiger partial charge in [0, 0.05) is 16.8 Å². The van der Waals surface area contributed by atoms with E-state index in [0.29, 0.717) is 11.3 Å². The number of carboxylic acids is 1. The number of rotatable bonds is 4. The van der Waals surface area contributed by atoms with Crippen LogP contribution in [0.1, 0.15) is 51.3 Å². The smallest absolute Gasteiger partial charge is 0.338 e. The van der Waals surface area contributed by atoms with Gasteiger partial charge in [0.15, 0.2) is 0 Å². The van der Waals surface area contributed by atoms with Gasteiger partial charge in [-0.3, -0.25) is 4.79 Å². The molecule has 0 aliphatic carbocycles. The predicted molar refractivity (Wildman–Crippen MR) is 121 cm³/mol. The van der Waals surface area contributed by atoms with Crippen LogP contribution in [0.4, 0.5) is 10.1 Å². The maximum atomic E-state index is 14.0. The molecule has 1 amide bonds. The summed E-state index contributed by atoms with van der Waals surface area (Å²) in [6, 6.07) is 16.7. The lowest BCUT2D eigenvalue weighted by molar-refractivity contribution is 0.0691. The van der Waals surface area contributed by atoms with Crippen LogP contribution in [0.2, 0.25) is 0 Å². The van der Waals surface area contributed by atoms with Crippen LogP contribution in [-0.2, 0) is 0 Å². The number of carbonyl (C=O) groups is 2. The van der Waals surface area contributed by atoms with Crippen molar-refractivity contribution in [3.63, 3.8) is 0 Å². The third-order valence-corrected chi connectivity index (χ3v) is 5.22. The van der Waals surface area contributed by atoms with Gasteiger partial charge in [-0.1, -0.05) is 29.8 Å². The molecule has 6 heteroatoms. The fourth-order valence-electron chi connectivity index (χ4n) is 3.65. The van der Waals surface area contributed by atoms with E-state index in [1.54, 1.807) is 18.2 Å². The van der Waals surface area contributed by atoms with Crippen LogP contribution in [-0.4, -0.2) is 22.6 Å². The first kappa shape index (κ1) is 21.3. The Kier molecular flexibility index (Phi) is 5.30. The highest BCUT2D eigenvalue weighted by Crippen LogP contribution is 2.40. The molecule has 2 N–H and O–H groups in total. The number of carbonyl (C=O) groups excluding carboxylic acids is 1. The molecule has 0 spiro atoms. The van der Waals surface area contributed by atoms with Crippen LogP contribution in [0.3, 0.4) is 0 Å². The molecule has 0 aromatic heterocycles. The van der Waals surface area contributed by atoms with E-state index in [4.69, 9.17) is 9.84 Å². The van der Waals surface area contributed by atoms with Crippen LogP contribution >= 0.6 is 0 Å². The Labute approximate surface area is 185 Å². The summed E-state index contributed by atoms with van der Waals surface area (Å²) >= 11 is 0. The van der Waals surface area contributed by atoms with E-state index >= 15 is 0 Å². The first-order valence-corrected chi connectivity index (χ1v) is 10.1. The van der Waals surface area contributed by atoms with E-state index in [9.17, 15) is 14.0 Å². The number of amides is 1. The standard InChI is InChI=1S/C26H22FNO4/c1-15-4-6-16(7-5-15)21-14-26(2,3)32-23-11-8-17(12-20(21)23)24(29)28-18-9-10-19(25(30)31)22(27)13-18/h4-14H,1-3H3,(H,28,29)(H,30,31). The number of aryl methyl sites for hydroxylation is 1. The first-order valence-electron chi connectivity index (χ1n) is 10.1. The zero-order chi connectivity index (χ0) is 23.0. The van der Waals surface area contributed by atoms with Gasteiger partial charge in [-0.15, -0.1) is 0 Å². The monoisotopic (exact) mass is 431 g/mol. The van der Waals surface area contributed by atoms with Gasteiger partial charge in [0.2, 0.25) is 0 Å². The number of hydrogen-bond donors (Lipinski definition) is 2. The zero-order valence-corrected chi connectivity index (χ0v) is 17.9. The lowest BCUT2D eigenvalue weighted by Crippen LogP contribution is -2.29. The molecule has 1 heterocycles. The number of carboxylic acid groups (broad SMARTS) is 1. The predicted octanol–water partition coefficient (Wildman–Crippen LogP) is 5.69. The van der Waals surface area contributed by atoms with Gasteiger partial charge in [0.25, 0.3) is 5.91 Å². The van der Waals surface area contributed by atoms with Crippen LogP contribution in [0.5, 0.6) is 5.75 Å². The number of hydrogen-bond acceptors (Lipinski definition) is 3. The van der Waals surface area contributed by atoms with Crippen LogP contribution in [0.15, 0.2) is 66.7 Å². The van der Waals surface area contributed by atoms with Crippen molar-refractivity contribution in [1.82, 2.24) is 0 Å². The van der Waals surface area contributed by atoms with E-state index in [2.05, 4.69) is 5.32 Å². The molecule has 5 nitrogen and oxygen atoms in total. The van der Waals surface area contributed by atoms with Crippen molar-refractivity contribution in [2.24, 2.45) is 0 Å². The van der Waals surface area contributed by atoms with E-state index in [1.807, 2.05) is 51.1 Å². The normalized spacial score (nSPS) is 14.1. The van der Waals surface area contributed by atoms with Crippen molar-refractivity contribution in [1.29, 1.82) is 0 Å². The Morgan fingerprint density at radius 3 is 2.38 bits per heavy atom. The summed E-state index contributed by atoms with van der Waals surface area (Å²) in [7, 11) is 0. The van der Waals surface area contributed by atoms with Crippen molar-refractivity contribution in [2.45, 2.75) is 26.4 Å². The summed E-state index contributed by atoms with van der Waals surface area (Å²) in [6.45, 7) is 5.97. The van der Waals surface area contributed by atoms with E-state index in [-0.39, 0.29) is 5.69 Å². The molecule has 0 radical (unpaired) electrons. The molecule has 4 rings (SSSR count). The molecule has 0 saturated heterocycles. The van der Waals surface area contributed by atoms with Crippen molar-refractivity contribution < 1.29 is 23.8 Å². The van der Waals surface area contributed by atoms with E-state index < -0.39 is 28.9 Å². The maximum Gasteiger partial charge on any atom is 0.338 e. The molecule has 32 heavy (non-hydrogen) atoms. The van der Waals surface area contributed by atoms with E-state index in [1.165, 1.54) is 6.07 Å². The third kappa shape index (κ3) is 4.25. The molecular formula is C26H22FNO4. The molecule has 1 aliphatic heterocycles. The minimum atomic E-state index is -1.37. The Balaban J connectivity index is 1.67. The summed E-state index contributed by atoms with van der Waals surface area (Å²) in [6.07, 6.45) is 2.03. The molecule has 162 valence electrons. The molecule has 0 atom stereocenters. The van der Waals surface area contributed by atoms with Gasteiger partial charge in [-0.25, -0.2) is 9.18 Å². The number of halogens is 1. The summed E-state index contributed by atoms with van der Waals surface area (Å²) in [5.41, 5.74) is 3.47. The second-order valence-electron chi connectivity index (χ2n) is 8.29. The average molecular weight is 431 g/mol. The minimum Gasteiger partial charge on any atom is -0.483 e. The molecular weight excluding hydrogens is 409 g/mol. The van der Waals surface area contributed by atoms with Crippen LogP contribution in [0.25, 0.3) is 5.57 Å². The molecule has 3 aromatic carbocycles. The van der Waals surface area contributed by atoms with Gasteiger partial charge in [0.1, 0.15) is 17.2 Å². The summed E-state index contributed by atoms with van der Waals surface area (Å²) in [5, 5.41) is 11.6. The fourth-order valence-corrected chi connectivity index (χ4v) is 3.65.